The minimum absolute atomic E-state index is 0.0863. The van der Waals surface area contributed by atoms with Crippen LogP contribution in [0.5, 0.6) is 0 Å². The molecule has 2 heterocycles. The predicted octanol–water partition coefficient (Wildman–Crippen LogP) is 5.11. The first-order valence-electron chi connectivity index (χ1n) is 13.4. The van der Waals surface area contributed by atoms with E-state index in [0.717, 1.165) is 17.7 Å². The summed E-state index contributed by atoms with van der Waals surface area (Å²) in [5.74, 6) is -1.08. The number of nitrogens with one attached hydrogen (secondary N) is 2. The summed E-state index contributed by atoms with van der Waals surface area (Å²) in [6, 6.07) is 9.63. The Morgan fingerprint density at radius 3 is 2.30 bits per heavy atom. The van der Waals surface area contributed by atoms with Crippen LogP contribution in [-0.4, -0.2) is 48.8 Å². The molecule has 0 aromatic heterocycles. The first kappa shape index (κ1) is 29.7. The SMILES string of the molecule is CC(=O)NC(CC(C)C)c1cc(C(F)(F)F)ccc1N1CCN(C(=O)C2CC(=O)NC2c2ccc(Cl)cc2)CC1. The Balaban J connectivity index is 1.54. The van der Waals surface area contributed by atoms with Gasteiger partial charge < -0.3 is 20.4 Å². The molecule has 3 atom stereocenters. The van der Waals surface area contributed by atoms with Crippen molar-refractivity contribution < 1.29 is 27.6 Å². The van der Waals surface area contributed by atoms with Crippen LogP contribution in [-0.2, 0) is 20.6 Å². The largest absolute Gasteiger partial charge is 0.416 e. The van der Waals surface area contributed by atoms with Crippen molar-refractivity contribution in [2.75, 3.05) is 31.1 Å². The molecule has 3 amide bonds. The van der Waals surface area contributed by atoms with Crippen LogP contribution in [0.4, 0.5) is 18.9 Å². The molecule has 2 aliphatic heterocycles. The molecule has 2 aromatic carbocycles. The zero-order valence-corrected chi connectivity index (χ0v) is 23.5. The van der Waals surface area contributed by atoms with Crippen LogP contribution >= 0.6 is 11.6 Å². The number of hydrogen-bond acceptors (Lipinski definition) is 4. The summed E-state index contributed by atoms with van der Waals surface area (Å²) in [6.07, 6.45) is -3.96. The van der Waals surface area contributed by atoms with Gasteiger partial charge in [-0.25, -0.2) is 0 Å². The monoisotopic (exact) mass is 578 g/mol. The van der Waals surface area contributed by atoms with Crippen molar-refractivity contribution >= 4 is 35.0 Å². The van der Waals surface area contributed by atoms with Gasteiger partial charge in [0.2, 0.25) is 17.7 Å². The quantitative estimate of drug-likeness (QED) is 0.479. The van der Waals surface area contributed by atoms with Crippen molar-refractivity contribution in [3.05, 3.63) is 64.2 Å². The second kappa shape index (κ2) is 12.1. The third kappa shape index (κ3) is 6.89. The molecule has 2 aliphatic rings. The number of benzene rings is 2. The Morgan fingerprint density at radius 2 is 1.73 bits per heavy atom. The molecule has 11 heteroatoms. The van der Waals surface area contributed by atoms with Crippen LogP contribution in [0.25, 0.3) is 0 Å². The van der Waals surface area contributed by atoms with Gasteiger partial charge in [0, 0.05) is 50.2 Å². The number of anilines is 1. The summed E-state index contributed by atoms with van der Waals surface area (Å²) < 4.78 is 40.9. The normalized spacial score (nSPS) is 20.4. The molecule has 40 heavy (non-hydrogen) atoms. The molecule has 4 rings (SSSR count). The van der Waals surface area contributed by atoms with Crippen LogP contribution in [0.15, 0.2) is 42.5 Å². The Bertz CT molecular complexity index is 1240. The van der Waals surface area contributed by atoms with Crippen LogP contribution in [0.2, 0.25) is 5.02 Å². The van der Waals surface area contributed by atoms with Crippen molar-refractivity contribution in [3.63, 3.8) is 0 Å². The average Bonchev–Trinajstić information content (AvgIpc) is 3.28. The highest BCUT2D eigenvalue weighted by Crippen LogP contribution is 2.38. The second-order valence-corrected chi connectivity index (χ2v) is 11.3. The minimum atomic E-state index is -4.52. The van der Waals surface area contributed by atoms with E-state index in [2.05, 4.69) is 10.6 Å². The van der Waals surface area contributed by atoms with Gasteiger partial charge in [0.25, 0.3) is 0 Å². The van der Waals surface area contributed by atoms with Gasteiger partial charge >= 0.3 is 6.18 Å². The first-order valence-corrected chi connectivity index (χ1v) is 13.8. The highest BCUT2D eigenvalue weighted by Gasteiger charge is 2.41. The van der Waals surface area contributed by atoms with Gasteiger partial charge in [-0.3, -0.25) is 14.4 Å². The molecule has 0 saturated carbocycles. The molecule has 7 nitrogen and oxygen atoms in total. The van der Waals surface area contributed by atoms with E-state index in [1.54, 1.807) is 29.2 Å². The summed E-state index contributed by atoms with van der Waals surface area (Å²) in [5.41, 5.74) is 1.05. The number of halogens is 4. The zero-order chi connectivity index (χ0) is 29.2. The lowest BCUT2D eigenvalue weighted by atomic mass is 9.92. The van der Waals surface area contributed by atoms with E-state index in [9.17, 15) is 27.6 Å². The van der Waals surface area contributed by atoms with Gasteiger partial charge in [-0.1, -0.05) is 37.6 Å². The number of rotatable bonds is 7. The fourth-order valence-electron chi connectivity index (χ4n) is 5.55. The van der Waals surface area contributed by atoms with Gasteiger partial charge in [-0.15, -0.1) is 0 Å². The van der Waals surface area contributed by atoms with E-state index in [0.29, 0.717) is 48.9 Å². The summed E-state index contributed by atoms with van der Waals surface area (Å²) >= 11 is 6.00. The number of carbonyl (C=O) groups is 3. The Morgan fingerprint density at radius 1 is 1.07 bits per heavy atom. The van der Waals surface area contributed by atoms with E-state index < -0.39 is 29.7 Å². The second-order valence-electron chi connectivity index (χ2n) is 10.9. The number of amides is 3. The summed E-state index contributed by atoms with van der Waals surface area (Å²) in [4.78, 5) is 41.4. The van der Waals surface area contributed by atoms with Crippen molar-refractivity contribution in [2.24, 2.45) is 11.8 Å². The maximum absolute atomic E-state index is 13.6. The predicted molar refractivity (Wildman–Crippen MR) is 147 cm³/mol. The Kier molecular flexibility index (Phi) is 8.97. The maximum Gasteiger partial charge on any atom is 0.416 e. The molecule has 2 aromatic rings. The van der Waals surface area contributed by atoms with Gasteiger partial charge in [0.1, 0.15) is 0 Å². The van der Waals surface area contributed by atoms with Crippen LogP contribution in [0.3, 0.4) is 0 Å². The Hall–Kier alpha value is -3.27. The Labute approximate surface area is 237 Å². The van der Waals surface area contributed by atoms with Crippen molar-refractivity contribution in [3.8, 4) is 0 Å². The average molecular weight is 579 g/mol. The number of nitrogens with zero attached hydrogens (tertiary/aromatic N) is 2. The van der Waals surface area contributed by atoms with Gasteiger partial charge in [-0.05, 0) is 53.8 Å². The lowest BCUT2D eigenvalue weighted by Gasteiger charge is -2.39. The van der Waals surface area contributed by atoms with E-state index in [-0.39, 0.29) is 30.1 Å². The first-order chi connectivity index (χ1) is 18.8. The molecule has 0 spiro atoms. The van der Waals surface area contributed by atoms with Crippen LogP contribution < -0.4 is 15.5 Å². The number of piperazine rings is 1. The number of carbonyl (C=O) groups excluding carboxylic acids is 3. The highest BCUT2D eigenvalue weighted by atomic mass is 35.5. The van der Waals surface area contributed by atoms with Crippen molar-refractivity contribution in [1.29, 1.82) is 0 Å². The number of hydrogen-bond donors (Lipinski definition) is 2. The molecular formula is C29H34ClF3N4O3. The summed E-state index contributed by atoms with van der Waals surface area (Å²) in [7, 11) is 0. The van der Waals surface area contributed by atoms with Crippen molar-refractivity contribution in [2.45, 2.75) is 51.9 Å². The standard InChI is InChI=1S/C29H34ClF3N4O3/c1-17(2)14-24(34-18(3)38)22-15-20(29(31,32)33)6-9-25(22)36-10-12-37(13-11-36)28(40)23-16-26(39)35-27(23)19-4-7-21(30)8-5-19/h4-9,15,17,23-24,27H,10-14,16H2,1-3H3,(H,34,38)(H,35,39). The lowest BCUT2D eigenvalue weighted by molar-refractivity contribution is -0.138. The lowest BCUT2D eigenvalue weighted by Crippen LogP contribution is -2.51. The van der Waals surface area contributed by atoms with E-state index in [4.69, 9.17) is 11.6 Å². The molecule has 0 radical (unpaired) electrons. The summed E-state index contributed by atoms with van der Waals surface area (Å²) in [6.45, 7) is 6.76. The van der Waals surface area contributed by atoms with Gasteiger partial charge in [0.15, 0.2) is 0 Å². The molecular weight excluding hydrogens is 545 g/mol. The van der Waals surface area contributed by atoms with Crippen molar-refractivity contribution in [1.82, 2.24) is 15.5 Å². The highest BCUT2D eigenvalue weighted by molar-refractivity contribution is 6.30. The fourth-order valence-corrected chi connectivity index (χ4v) is 5.67. The smallest absolute Gasteiger partial charge is 0.368 e. The van der Waals surface area contributed by atoms with Gasteiger partial charge in [-0.2, -0.15) is 13.2 Å². The maximum atomic E-state index is 13.6. The molecule has 0 bridgehead atoms. The van der Waals surface area contributed by atoms with Crippen LogP contribution in [0.1, 0.15) is 62.4 Å². The van der Waals surface area contributed by atoms with E-state index in [1.807, 2.05) is 18.7 Å². The molecule has 2 N–H and O–H groups in total. The molecule has 2 fully saturated rings. The molecule has 2 saturated heterocycles. The van der Waals surface area contributed by atoms with Crippen LogP contribution in [0, 0.1) is 11.8 Å². The van der Waals surface area contributed by atoms with Gasteiger partial charge in [0.05, 0.1) is 23.6 Å². The fraction of sp³-hybridized carbons (Fsp3) is 0.483. The number of alkyl halides is 3. The zero-order valence-electron chi connectivity index (χ0n) is 22.7. The molecule has 0 aliphatic carbocycles. The molecule has 216 valence electrons. The molecule has 3 unspecified atom stereocenters. The summed E-state index contributed by atoms with van der Waals surface area (Å²) in [5, 5.41) is 6.29. The van der Waals surface area contributed by atoms with E-state index >= 15 is 0 Å². The topological polar surface area (TPSA) is 81.8 Å². The third-order valence-electron chi connectivity index (χ3n) is 7.42. The minimum Gasteiger partial charge on any atom is -0.368 e. The van der Waals surface area contributed by atoms with E-state index in [1.165, 1.54) is 13.0 Å². The third-order valence-corrected chi connectivity index (χ3v) is 7.67.